The van der Waals surface area contributed by atoms with Gasteiger partial charge in [-0.3, -0.25) is 9.11 Å². The van der Waals surface area contributed by atoms with Gasteiger partial charge in [-0.05, 0) is 73.6 Å². The monoisotopic (exact) mass is 443 g/mol. The zero-order valence-electron chi connectivity index (χ0n) is 15.7. The van der Waals surface area contributed by atoms with Gasteiger partial charge < -0.3 is 9.64 Å². The lowest BCUT2D eigenvalue weighted by Gasteiger charge is -2.23. The smallest absolute Gasteiger partial charge is 0.394 e. The van der Waals surface area contributed by atoms with Crippen molar-refractivity contribution >= 4 is 39.3 Å². The molecule has 6 nitrogen and oxygen atoms in total. The second-order valence-electron chi connectivity index (χ2n) is 6.26. The van der Waals surface area contributed by atoms with Crippen LogP contribution in [0.5, 0.6) is 5.75 Å². The molecule has 28 heavy (non-hydrogen) atoms. The first-order valence-electron chi connectivity index (χ1n) is 8.29. The molecule has 0 bridgehead atoms. The number of rotatable bonds is 4. The Bertz CT molecular complexity index is 966. The molecule has 0 saturated heterocycles. The fourth-order valence-corrected chi connectivity index (χ4v) is 3.98. The summed E-state index contributed by atoms with van der Waals surface area (Å²) in [7, 11) is 1.23. The Morgan fingerprint density at radius 2 is 1.79 bits per heavy atom. The molecule has 152 valence electrons. The van der Waals surface area contributed by atoms with Crippen molar-refractivity contribution in [1.29, 1.82) is 0 Å². The van der Waals surface area contributed by atoms with Gasteiger partial charge in [-0.15, -0.1) is 0 Å². The molecule has 0 unspecified atom stereocenters. The van der Waals surface area contributed by atoms with E-state index in [9.17, 15) is 0 Å². The normalized spacial score (nSPS) is 14.2. The van der Waals surface area contributed by atoms with Gasteiger partial charge in [0.25, 0.3) is 0 Å². The molecule has 0 fully saturated rings. The molecule has 3 rings (SSSR count). The van der Waals surface area contributed by atoms with Crippen LogP contribution in [0.4, 0.5) is 0 Å². The van der Waals surface area contributed by atoms with Gasteiger partial charge in [-0.2, -0.15) is 8.42 Å². The first-order chi connectivity index (χ1) is 13.1. The van der Waals surface area contributed by atoms with Crippen LogP contribution in [0, 0.1) is 0 Å². The molecule has 2 aromatic carbocycles. The van der Waals surface area contributed by atoms with Crippen LogP contribution in [-0.4, -0.2) is 50.2 Å². The summed E-state index contributed by atoms with van der Waals surface area (Å²) in [6.45, 7) is 1.03. The third kappa shape index (κ3) is 6.80. The van der Waals surface area contributed by atoms with Gasteiger partial charge >= 0.3 is 10.4 Å². The van der Waals surface area contributed by atoms with Crippen molar-refractivity contribution in [3.05, 3.63) is 58.6 Å². The first-order valence-corrected chi connectivity index (χ1v) is 10.9. The summed E-state index contributed by atoms with van der Waals surface area (Å²) in [5.41, 5.74) is 3.74. The molecule has 1 aliphatic heterocycles. The molecule has 1 aliphatic rings. The van der Waals surface area contributed by atoms with E-state index >= 15 is 0 Å². The summed E-state index contributed by atoms with van der Waals surface area (Å²) >= 11 is 8.01. The number of benzene rings is 2. The quantitative estimate of drug-likeness (QED) is 0.572. The Morgan fingerprint density at radius 3 is 2.39 bits per heavy atom. The number of halogens is 1. The SMILES string of the molecule is COc1ccc2c(c1)Sc1ccc(Cl)cc1/C2=C\CCN(C)C.O=S(=O)(O)O. The van der Waals surface area contributed by atoms with E-state index in [1.165, 1.54) is 26.5 Å². The first kappa shape index (κ1) is 22.7. The Kier molecular flexibility index (Phi) is 7.94. The van der Waals surface area contributed by atoms with Crippen molar-refractivity contribution < 1.29 is 22.3 Å². The third-order valence-electron chi connectivity index (χ3n) is 3.86. The molecule has 2 N–H and O–H groups in total. The Morgan fingerprint density at radius 1 is 1.11 bits per heavy atom. The Hall–Kier alpha value is -1.55. The van der Waals surface area contributed by atoms with Crippen molar-refractivity contribution in [2.45, 2.75) is 16.2 Å². The molecule has 0 amide bonds. The van der Waals surface area contributed by atoms with Gasteiger partial charge in [0, 0.05) is 21.4 Å². The molecule has 0 spiro atoms. The predicted octanol–water partition coefficient (Wildman–Crippen LogP) is 4.54. The maximum Gasteiger partial charge on any atom is 0.394 e. The lowest BCUT2D eigenvalue weighted by Crippen LogP contribution is -2.12. The van der Waals surface area contributed by atoms with E-state index < -0.39 is 10.4 Å². The van der Waals surface area contributed by atoms with Crippen LogP contribution in [0.1, 0.15) is 17.5 Å². The maximum atomic E-state index is 8.74. The minimum Gasteiger partial charge on any atom is -0.497 e. The zero-order chi connectivity index (χ0) is 20.9. The number of hydrogen-bond acceptors (Lipinski definition) is 5. The molecule has 0 saturated carbocycles. The Balaban J connectivity index is 0.000000500. The van der Waals surface area contributed by atoms with Crippen molar-refractivity contribution in [2.75, 3.05) is 27.7 Å². The van der Waals surface area contributed by atoms with Crippen LogP contribution in [0.3, 0.4) is 0 Å². The van der Waals surface area contributed by atoms with Crippen LogP contribution < -0.4 is 4.74 Å². The largest absolute Gasteiger partial charge is 0.497 e. The van der Waals surface area contributed by atoms with E-state index in [-0.39, 0.29) is 0 Å². The fraction of sp³-hybridized carbons (Fsp3) is 0.263. The summed E-state index contributed by atoms with van der Waals surface area (Å²) < 4.78 is 37.0. The Labute approximate surface area is 174 Å². The number of methoxy groups -OCH3 is 1. The highest BCUT2D eigenvalue weighted by Crippen LogP contribution is 2.47. The van der Waals surface area contributed by atoms with E-state index in [0.717, 1.165) is 23.7 Å². The number of nitrogens with zero attached hydrogens (tertiary/aromatic N) is 1. The molecular weight excluding hydrogens is 422 g/mol. The fourth-order valence-electron chi connectivity index (χ4n) is 2.69. The second kappa shape index (κ2) is 9.78. The summed E-state index contributed by atoms with van der Waals surface area (Å²) in [6.07, 6.45) is 3.32. The number of fused-ring (bicyclic) bond motifs is 2. The molecule has 0 atom stereocenters. The maximum absolute atomic E-state index is 8.74. The third-order valence-corrected chi connectivity index (χ3v) is 5.22. The minimum atomic E-state index is -4.67. The lowest BCUT2D eigenvalue weighted by molar-refractivity contribution is 0.381. The average molecular weight is 444 g/mol. The molecule has 0 aliphatic carbocycles. The van der Waals surface area contributed by atoms with E-state index in [1.54, 1.807) is 18.9 Å². The van der Waals surface area contributed by atoms with Gasteiger partial charge in [0.1, 0.15) is 5.75 Å². The van der Waals surface area contributed by atoms with Gasteiger partial charge in [-0.1, -0.05) is 29.4 Å². The molecule has 1 heterocycles. The molecule has 0 aromatic heterocycles. The molecular formula is C19H22ClNO5S2. The van der Waals surface area contributed by atoms with Crippen LogP contribution in [0.25, 0.3) is 5.57 Å². The molecule has 0 radical (unpaired) electrons. The van der Waals surface area contributed by atoms with Gasteiger partial charge in [0.05, 0.1) is 7.11 Å². The van der Waals surface area contributed by atoms with Gasteiger partial charge in [0.15, 0.2) is 0 Å². The topological polar surface area (TPSA) is 87.1 Å². The van der Waals surface area contributed by atoms with Crippen LogP contribution in [0.15, 0.2) is 52.3 Å². The van der Waals surface area contributed by atoms with Gasteiger partial charge in [-0.25, -0.2) is 0 Å². The van der Waals surface area contributed by atoms with Crippen molar-refractivity contribution in [3.8, 4) is 5.75 Å². The van der Waals surface area contributed by atoms with E-state index in [0.29, 0.717) is 0 Å². The van der Waals surface area contributed by atoms with Crippen molar-refractivity contribution in [2.24, 2.45) is 0 Å². The van der Waals surface area contributed by atoms with Crippen LogP contribution in [-0.2, 0) is 10.4 Å². The van der Waals surface area contributed by atoms with Crippen LogP contribution in [0.2, 0.25) is 5.02 Å². The highest BCUT2D eigenvalue weighted by Gasteiger charge is 2.21. The number of ether oxygens (including phenoxy) is 1. The minimum absolute atomic E-state index is 0.778. The molecule has 9 heteroatoms. The highest BCUT2D eigenvalue weighted by molar-refractivity contribution is 7.99. The summed E-state index contributed by atoms with van der Waals surface area (Å²) in [5.74, 6) is 0.890. The highest BCUT2D eigenvalue weighted by atomic mass is 35.5. The summed E-state index contributed by atoms with van der Waals surface area (Å²) in [5, 5.41) is 0.778. The zero-order valence-corrected chi connectivity index (χ0v) is 18.1. The predicted molar refractivity (Wildman–Crippen MR) is 113 cm³/mol. The van der Waals surface area contributed by atoms with E-state index in [2.05, 4.69) is 49.3 Å². The van der Waals surface area contributed by atoms with E-state index in [1.807, 2.05) is 12.1 Å². The van der Waals surface area contributed by atoms with Crippen LogP contribution >= 0.6 is 23.4 Å². The molecule has 2 aromatic rings. The van der Waals surface area contributed by atoms with Gasteiger partial charge in [0.2, 0.25) is 0 Å². The van der Waals surface area contributed by atoms with Crippen molar-refractivity contribution in [3.63, 3.8) is 0 Å². The average Bonchev–Trinajstić information content (AvgIpc) is 2.59. The van der Waals surface area contributed by atoms with Crippen molar-refractivity contribution in [1.82, 2.24) is 4.90 Å². The summed E-state index contributed by atoms with van der Waals surface area (Å²) in [6, 6.07) is 12.4. The number of hydrogen-bond donors (Lipinski definition) is 2. The summed E-state index contributed by atoms with van der Waals surface area (Å²) in [4.78, 5) is 4.67. The standard InChI is InChI=1S/C19H20ClNOS.H2O4S/c1-21(2)10-4-5-15-16-8-7-14(22-3)12-19(16)23-18-9-6-13(20)11-17(15)18;1-5(2,3)4/h5-9,11-12H,4,10H2,1-3H3;(H2,1,2,3,4)/b15-5-;. The lowest BCUT2D eigenvalue weighted by atomic mass is 9.96. The second-order valence-corrected chi connectivity index (χ2v) is 8.68. The van der Waals surface area contributed by atoms with E-state index in [4.69, 9.17) is 33.9 Å².